The molecule has 0 aliphatic carbocycles. The zero-order valence-electron chi connectivity index (χ0n) is 24.2. The number of rotatable bonds is 11. The van der Waals surface area contributed by atoms with Gasteiger partial charge in [0.2, 0.25) is 0 Å². The predicted molar refractivity (Wildman–Crippen MR) is 160 cm³/mol. The van der Waals surface area contributed by atoms with E-state index in [1.807, 2.05) is 32.9 Å². The zero-order valence-corrected chi connectivity index (χ0v) is 24.9. The zero-order chi connectivity index (χ0) is 30.5. The monoisotopic (exact) mass is 582 g/mol. The SMILES string of the molecule is C=C/C(F)=C\C(=C/CC)C(C)c1[nH]c2ccc(Cl)c(F)c2c1CCCC.CC/C=C(C)/N=C/C=C(\C)C(F)(F)F. The second kappa shape index (κ2) is 17.0. The van der Waals surface area contributed by atoms with Gasteiger partial charge in [0.25, 0.3) is 0 Å². The van der Waals surface area contributed by atoms with Crippen molar-refractivity contribution < 1.29 is 22.0 Å². The molecule has 0 spiro atoms. The minimum absolute atomic E-state index is 0.0990. The minimum atomic E-state index is -4.26. The molecule has 2 aromatic rings. The first-order valence-electron chi connectivity index (χ1n) is 13.4. The van der Waals surface area contributed by atoms with E-state index in [1.54, 1.807) is 19.1 Å². The summed E-state index contributed by atoms with van der Waals surface area (Å²) >= 11 is 6.01. The highest BCUT2D eigenvalue weighted by Gasteiger charge is 2.29. The number of unbranched alkanes of at least 4 members (excludes halogenated alkanes) is 1. The molecule has 0 aliphatic rings. The smallest absolute Gasteiger partial charge is 0.358 e. The van der Waals surface area contributed by atoms with Gasteiger partial charge in [-0.3, -0.25) is 4.99 Å². The number of H-pyrrole nitrogens is 1. The number of aliphatic imine (C=N–C) groups is 1. The number of alkyl halides is 3. The average molecular weight is 583 g/mol. The summed E-state index contributed by atoms with van der Waals surface area (Å²) in [4.78, 5) is 7.18. The maximum Gasteiger partial charge on any atom is 0.412 e. The van der Waals surface area contributed by atoms with E-state index >= 15 is 0 Å². The van der Waals surface area contributed by atoms with Gasteiger partial charge >= 0.3 is 6.18 Å². The van der Waals surface area contributed by atoms with Gasteiger partial charge in [0.15, 0.2) is 5.82 Å². The number of benzene rings is 1. The van der Waals surface area contributed by atoms with Gasteiger partial charge in [-0.2, -0.15) is 13.2 Å². The van der Waals surface area contributed by atoms with Gasteiger partial charge in [-0.25, -0.2) is 8.78 Å². The van der Waals surface area contributed by atoms with Crippen LogP contribution in [0.3, 0.4) is 0 Å². The van der Waals surface area contributed by atoms with Gasteiger partial charge in [0.05, 0.1) is 5.02 Å². The molecule has 0 aliphatic heterocycles. The first-order chi connectivity index (χ1) is 18.8. The molecule has 0 saturated heterocycles. The summed E-state index contributed by atoms with van der Waals surface area (Å²) in [5, 5.41) is 0.673. The molecule has 1 aromatic heterocycles. The maximum absolute atomic E-state index is 14.7. The third-order valence-corrected chi connectivity index (χ3v) is 6.49. The summed E-state index contributed by atoms with van der Waals surface area (Å²) in [6, 6.07) is 3.36. The van der Waals surface area contributed by atoms with Gasteiger partial charge in [-0.15, -0.1) is 0 Å². The van der Waals surface area contributed by atoms with Crippen molar-refractivity contribution in [1.82, 2.24) is 4.98 Å². The van der Waals surface area contributed by atoms with Crippen molar-refractivity contribution in [3.8, 4) is 0 Å². The highest BCUT2D eigenvalue weighted by Crippen LogP contribution is 2.37. The molecule has 220 valence electrons. The van der Waals surface area contributed by atoms with E-state index in [0.29, 0.717) is 5.39 Å². The topological polar surface area (TPSA) is 28.1 Å². The predicted octanol–water partition coefficient (Wildman–Crippen LogP) is 11.7. The van der Waals surface area contributed by atoms with Crippen LogP contribution < -0.4 is 0 Å². The molecule has 1 aromatic carbocycles. The lowest BCUT2D eigenvalue weighted by Crippen LogP contribution is -2.08. The standard InChI is InChI=1S/C22H26ClF2N.C10H14F3N/c1-5-8-10-17-20-19(12-11-18(23)21(20)25)26-22(17)14(4)15(9-6-2)13-16(24)7-3;1-4-5-9(3)14-7-6-8(2)10(11,12)13/h7,9,11-14,26H,3,5-6,8,10H2,1-2,4H3;5-7H,4H2,1-3H3/b15-9+,16-13+;8-6+,9-5+,14-7+. The van der Waals surface area contributed by atoms with E-state index in [-0.39, 0.29) is 22.6 Å². The van der Waals surface area contributed by atoms with Crippen molar-refractivity contribution in [3.63, 3.8) is 0 Å². The van der Waals surface area contributed by atoms with Crippen LogP contribution in [0, 0.1) is 5.82 Å². The van der Waals surface area contributed by atoms with Gasteiger partial charge in [0.1, 0.15) is 5.83 Å². The average Bonchev–Trinajstić information content (AvgIpc) is 3.27. The van der Waals surface area contributed by atoms with E-state index in [0.717, 1.165) is 73.1 Å². The summed E-state index contributed by atoms with van der Waals surface area (Å²) in [7, 11) is 0. The minimum Gasteiger partial charge on any atom is -0.358 e. The molecule has 0 bridgehead atoms. The van der Waals surface area contributed by atoms with Crippen LogP contribution in [0.15, 0.2) is 76.8 Å². The Kier molecular flexibility index (Phi) is 14.9. The van der Waals surface area contributed by atoms with E-state index in [2.05, 4.69) is 23.5 Å². The van der Waals surface area contributed by atoms with Crippen molar-refractivity contribution in [3.05, 3.63) is 93.9 Å². The number of hydrogen-bond acceptors (Lipinski definition) is 1. The number of aryl methyl sites for hydroxylation is 1. The summed E-state index contributed by atoms with van der Waals surface area (Å²) < 4.78 is 64.5. The third kappa shape index (κ3) is 10.6. The summed E-state index contributed by atoms with van der Waals surface area (Å²) in [5.41, 5.74) is 3.50. The number of nitrogens with one attached hydrogen (secondary N) is 1. The molecular weight excluding hydrogens is 543 g/mol. The van der Waals surface area contributed by atoms with Crippen molar-refractivity contribution in [2.24, 2.45) is 4.99 Å². The Morgan fingerprint density at radius 2 is 1.77 bits per heavy atom. The molecule has 40 heavy (non-hydrogen) atoms. The quantitative estimate of drug-likeness (QED) is 0.155. The summed E-state index contributed by atoms with van der Waals surface area (Å²) in [5.74, 6) is -0.867. The van der Waals surface area contributed by atoms with Crippen LogP contribution >= 0.6 is 11.6 Å². The number of aromatic amines is 1. The molecule has 2 nitrogen and oxygen atoms in total. The van der Waals surface area contributed by atoms with Crippen molar-refractivity contribution >= 4 is 28.7 Å². The van der Waals surface area contributed by atoms with E-state index in [1.165, 1.54) is 18.4 Å². The van der Waals surface area contributed by atoms with Gasteiger partial charge < -0.3 is 4.98 Å². The fraction of sp³-hybridized carbons (Fsp3) is 0.406. The van der Waals surface area contributed by atoms with Gasteiger partial charge in [-0.1, -0.05) is 64.4 Å². The van der Waals surface area contributed by atoms with Crippen LogP contribution in [0.4, 0.5) is 22.0 Å². The van der Waals surface area contributed by atoms with Crippen LogP contribution in [0.5, 0.6) is 0 Å². The number of halogens is 6. The maximum atomic E-state index is 14.7. The number of aromatic nitrogens is 1. The second-order valence-corrected chi connectivity index (χ2v) is 9.76. The van der Waals surface area contributed by atoms with E-state index in [4.69, 9.17) is 11.6 Å². The molecular formula is C32H40ClF5N2. The van der Waals surface area contributed by atoms with E-state index in [9.17, 15) is 22.0 Å². The number of nitrogens with zero attached hydrogens (tertiary/aromatic N) is 1. The lowest BCUT2D eigenvalue weighted by molar-refractivity contribution is -0.0911. The number of fused-ring (bicyclic) bond motifs is 1. The molecule has 1 N–H and O–H groups in total. The molecule has 1 heterocycles. The third-order valence-electron chi connectivity index (χ3n) is 6.19. The highest BCUT2D eigenvalue weighted by molar-refractivity contribution is 6.31. The molecule has 0 radical (unpaired) electrons. The Bertz CT molecular complexity index is 1280. The molecule has 0 amide bonds. The highest BCUT2D eigenvalue weighted by atomic mass is 35.5. The summed E-state index contributed by atoms with van der Waals surface area (Å²) in [6.07, 6.45) is 8.72. The Morgan fingerprint density at radius 3 is 2.33 bits per heavy atom. The lowest BCUT2D eigenvalue weighted by atomic mass is 9.91. The van der Waals surface area contributed by atoms with Crippen molar-refractivity contribution in [2.45, 2.75) is 85.7 Å². The Balaban J connectivity index is 0.000000486. The molecule has 0 fully saturated rings. The van der Waals surface area contributed by atoms with Crippen LogP contribution in [0.25, 0.3) is 10.9 Å². The second-order valence-electron chi connectivity index (χ2n) is 9.35. The Hall–Kier alpha value is -2.93. The first kappa shape index (κ1) is 35.1. The molecule has 2 rings (SSSR count). The van der Waals surface area contributed by atoms with Crippen LogP contribution in [0.2, 0.25) is 5.02 Å². The van der Waals surface area contributed by atoms with Gasteiger partial charge in [-0.05, 0) is 81.0 Å². The van der Waals surface area contributed by atoms with E-state index < -0.39 is 11.7 Å². The Morgan fingerprint density at radius 1 is 1.12 bits per heavy atom. The molecule has 8 heteroatoms. The molecule has 1 atom stereocenters. The fourth-order valence-corrected chi connectivity index (χ4v) is 4.14. The van der Waals surface area contributed by atoms with Crippen molar-refractivity contribution in [1.29, 1.82) is 0 Å². The molecule has 0 saturated carbocycles. The number of allylic oxidation sites excluding steroid dienone is 9. The summed E-state index contributed by atoms with van der Waals surface area (Å²) in [6.45, 7) is 14.3. The Labute approximate surface area is 240 Å². The normalized spacial score (nSPS) is 14.5. The molecule has 1 unspecified atom stereocenters. The van der Waals surface area contributed by atoms with Crippen molar-refractivity contribution in [2.75, 3.05) is 0 Å². The van der Waals surface area contributed by atoms with Crippen LogP contribution in [0.1, 0.15) is 84.4 Å². The fourth-order valence-electron chi connectivity index (χ4n) is 3.98. The van der Waals surface area contributed by atoms with Crippen LogP contribution in [-0.4, -0.2) is 17.4 Å². The lowest BCUT2D eigenvalue weighted by Gasteiger charge is -2.15. The largest absolute Gasteiger partial charge is 0.412 e. The first-order valence-corrected chi connectivity index (χ1v) is 13.8. The number of hydrogen-bond donors (Lipinski definition) is 1. The van der Waals surface area contributed by atoms with Gasteiger partial charge in [0, 0.05) is 40.0 Å². The van der Waals surface area contributed by atoms with Crippen LogP contribution in [-0.2, 0) is 6.42 Å².